The molecule has 2 heterocycles. The number of thiophene rings is 1. The third-order valence-corrected chi connectivity index (χ3v) is 7.50. The molecule has 1 fully saturated rings. The number of hydrogen-bond donors (Lipinski definition) is 2. The average molecular weight is 464 g/mol. The molecule has 0 aromatic carbocycles. The van der Waals surface area contributed by atoms with Crippen molar-refractivity contribution in [2.24, 2.45) is 5.92 Å². The first-order valence-corrected chi connectivity index (χ1v) is 12.2. The van der Waals surface area contributed by atoms with Crippen LogP contribution in [0.2, 0.25) is 0 Å². The molecule has 1 saturated heterocycles. The van der Waals surface area contributed by atoms with Gasteiger partial charge in [-0.3, -0.25) is 14.5 Å². The molecule has 8 nitrogen and oxygen atoms in total. The molecule has 2 unspecified atom stereocenters. The molecule has 0 saturated carbocycles. The van der Waals surface area contributed by atoms with Crippen molar-refractivity contribution in [3.8, 4) is 0 Å². The van der Waals surface area contributed by atoms with Gasteiger partial charge in [0.15, 0.2) is 0 Å². The summed E-state index contributed by atoms with van der Waals surface area (Å²) < 4.78 is 4.95. The fourth-order valence-corrected chi connectivity index (χ4v) is 5.85. The van der Waals surface area contributed by atoms with Crippen LogP contribution in [-0.2, 0) is 27.2 Å². The topological polar surface area (TPSA) is 105 Å². The van der Waals surface area contributed by atoms with Gasteiger partial charge in [-0.15, -0.1) is 11.3 Å². The van der Waals surface area contributed by atoms with Crippen molar-refractivity contribution in [1.82, 2.24) is 10.2 Å². The summed E-state index contributed by atoms with van der Waals surface area (Å²) >= 11 is 1.38. The number of unbranched alkanes of at least 4 members (excludes halogenated alkanes) is 3. The molecule has 4 amide bonds. The zero-order valence-corrected chi connectivity index (χ0v) is 20.2. The molecule has 0 radical (unpaired) electrons. The number of esters is 1. The van der Waals surface area contributed by atoms with Gasteiger partial charge in [0.05, 0.1) is 12.7 Å². The maximum absolute atomic E-state index is 12.9. The lowest BCUT2D eigenvalue weighted by Gasteiger charge is -2.21. The highest BCUT2D eigenvalue weighted by Gasteiger charge is 2.47. The fraction of sp³-hybridized carbons (Fsp3) is 0.652. The van der Waals surface area contributed by atoms with E-state index in [0.29, 0.717) is 22.9 Å². The summed E-state index contributed by atoms with van der Waals surface area (Å²) in [6, 6.07) is -0.560. The predicted molar refractivity (Wildman–Crippen MR) is 123 cm³/mol. The third-order valence-electron chi connectivity index (χ3n) is 6.33. The van der Waals surface area contributed by atoms with E-state index in [1.807, 2.05) is 0 Å². The van der Waals surface area contributed by atoms with E-state index in [1.165, 1.54) is 18.4 Å². The second kappa shape index (κ2) is 10.0. The highest BCUT2D eigenvalue weighted by atomic mass is 32.1. The maximum Gasteiger partial charge on any atom is 0.341 e. The van der Waals surface area contributed by atoms with Gasteiger partial charge >= 0.3 is 12.0 Å². The maximum atomic E-state index is 12.9. The van der Waals surface area contributed by atoms with Gasteiger partial charge in [-0.1, -0.05) is 39.5 Å². The molecular formula is C23H33N3O5S. The normalized spacial score (nSPS) is 22.5. The van der Waals surface area contributed by atoms with Crippen LogP contribution >= 0.6 is 11.3 Å². The van der Waals surface area contributed by atoms with Gasteiger partial charge in [-0.05, 0) is 44.1 Å². The standard InChI is InChI=1S/C23H33N3O5S/c1-5-6-7-8-11-23(3)21(29)26(22(30)25-23)13-17(27)24-19-18(20(28)31-4)15-10-9-14(2)12-16(15)32-19/h14H,5-13H2,1-4H3,(H,24,27)(H,25,30). The zero-order chi connectivity index (χ0) is 23.5. The molecule has 1 aliphatic carbocycles. The lowest BCUT2D eigenvalue weighted by molar-refractivity contribution is -0.133. The summed E-state index contributed by atoms with van der Waals surface area (Å²) in [6.45, 7) is 5.59. The van der Waals surface area contributed by atoms with Crippen LogP contribution in [0.15, 0.2) is 0 Å². The molecule has 3 rings (SSSR count). The van der Waals surface area contributed by atoms with Crippen molar-refractivity contribution in [2.75, 3.05) is 19.0 Å². The molecule has 32 heavy (non-hydrogen) atoms. The Labute approximate surface area is 193 Å². The minimum absolute atomic E-state index is 0.387. The summed E-state index contributed by atoms with van der Waals surface area (Å²) in [5.74, 6) is -0.875. The van der Waals surface area contributed by atoms with Crippen molar-refractivity contribution >= 4 is 40.2 Å². The minimum Gasteiger partial charge on any atom is -0.465 e. The van der Waals surface area contributed by atoms with Crippen LogP contribution in [0.3, 0.4) is 0 Å². The molecule has 0 bridgehead atoms. The van der Waals surface area contributed by atoms with E-state index in [2.05, 4.69) is 24.5 Å². The van der Waals surface area contributed by atoms with Crippen LogP contribution in [0.5, 0.6) is 0 Å². The van der Waals surface area contributed by atoms with E-state index in [1.54, 1.807) is 6.92 Å². The van der Waals surface area contributed by atoms with Gasteiger partial charge in [0.1, 0.15) is 17.1 Å². The Bertz CT molecular complexity index is 912. The van der Waals surface area contributed by atoms with Gasteiger partial charge in [0.2, 0.25) is 5.91 Å². The van der Waals surface area contributed by atoms with Crippen molar-refractivity contribution in [2.45, 2.75) is 77.7 Å². The molecule has 176 valence electrons. The SMILES string of the molecule is CCCCCCC1(C)NC(=O)N(CC(=O)Nc2sc3c(c2C(=O)OC)CCC(C)C3)C1=O. The van der Waals surface area contributed by atoms with Crippen LogP contribution in [0.25, 0.3) is 0 Å². The highest BCUT2D eigenvalue weighted by molar-refractivity contribution is 7.17. The number of carbonyl (C=O) groups is 4. The minimum atomic E-state index is -0.986. The zero-order valence-electron chi connectivity index (χ0n) is 19.3. The van der Waals surface area contributed by atoms with Crippen LogP contribution in [0.4, 0.5) is 9.80 Å². The molecule has 1 aromatic rings. The average Bonchev–Trinajstić information content (AvgIpc) is 3.19. The Balaban J connectivity index is 1.70. The number of urea groups is 1. The fourth-order valence-electron chi connectivity index (χ4n) is 4.43. The lowest BCUT2D eigenvalue weighted by Crippen LogP contribution is -2.44. The van der Waals surface area contributed by atoms with E-state index in [-0.39, 0.29) is 5.91 Å². The number of carbonyl (C=O) groups excluding carboxylic acids is 4. The first kappa shape index (κ1) is 24.2. The second-order valence-corrected chi connectivity index (χ2v) is 10.2. The van der Waals surface area contributed by atoms with Crippen molar-refractivity contribution < 1.29 is 23.9 Å². The van der Waals surface area contributed by atoms with Crippen molar-refractivity contribution in [3.05, 3.63) is 16.0 Å². The summed E-state index contributed by atoms with van der Waals surface area (Å²) in [7, 11) is 1.32. The van der Waals surface area contributed by atoms with E-state index in [9.17, 15) is 19.2 Å². The van der Waals surface area contributed by atoms with Crippen molar-refractivity contribution in [1.29, 1.82) is 0 Å². The summed E-state index contributed by atoms with van der Waals surface area (Å²) in [5, 5.41) is 5.93. The smallest absolute Gasteiger partial charge is 0.341 e. The number of nitrogens with one attached hydrogen (secondary N) is 2. The summed E-state index contributed by atoms with van der Waals surface area (Å²) in [5.41, 5.74) is 0.344. The molecule has 2 atom stereocenters. The Morgan fingerprint density at radius 3 is 2.72 bits per heavy atom. The molecule has 0 spiro atoms. The molecule has 2 N–H and O–H groups in total. The van der Waals surface area contributed by atoms with Crippen LogP contribution in [0.1, 0.15) is 80.1 Å². The van der Waals surface area contributed by atoms with E-state index in [4.69, 9.17) is 4.74 Å². The Morgan fingerprint density at radius 1 is 1.28 bits per heavy atom. The summed E-state index contributed by atoms with van der Waals surface area (Å²) in [4.78, 5) is 52.6. The Hall–Kier alpha value is -2.42. The molecular weight excluding hydrogens is 430 g/mol. The quantitative estimate of drug-likeness (QED) is 0.329. The number of fused-ring (bicyclic) bond motifs is 1. The van der Waals surface area contributed by atoms with Crippen molar-refractivity contribution in [3.63, 3.8) is 0 Å². The number of amides is 4. The molecule has 1 aromatic heterocycles. The Morgan fingerprint density at radius 2 is 2.03 bits per heavy atom. The second-order valence-electron chi connectivity index (χ2n) is 9.06. The highest BCUT2D eigenvalue weighted by Crippen LogP contribution is 2.40. The van der Waals surface area contributed by atoms with E-state index >= 15 is 0 Å². The number of methoxy groups -OCH3 is 1. The van der Waals surface area contributed by atoms with Crippen LogP contribution in [0, 0.1) is 5.92 Å². The van der Waals surface area contributed by atoms with E-state index < -0.39 is 30.0 Å². The predicted octanol–water partition coefficient (Wildman–Crippen LogP) is 3.88. The lowest BCUT2D eigenvalue weighted by atomic mass is 9.88. The van der Waals surface area contributed by atoms with Crippen LogP contribution < -0.4 is 10.6 Å². The van der Waals surface area contributed by atoms with Gasteiger partial charge in [0, 0.05) is 4.88 Å². The number of rotatable bonds is 9. The Kier molecular flexibility index (Phi) is 7.59. The van der Waals surface area contributed by atoms with Gasteiger partial charge < -0.3 is 15.4 Å². The molecule has 2 aliphatic rings. The largest absolute Gasteiger partial charge is 0.465 e. The van der Waals surface area contributed by atoms with Crippen LogP contribution in [-0.4, -0.2) is 47.9 Å². The summed E-state index contributed by atoms with van der Waals surface area (Å²) in [6.07, 6.45) is 7.11. The number of imide groups is 1. The van der Waals surface area contributed by atoms with Gasteiger partial charge in [-0.2, -0.15) is 0 Å². The van der Waals surface area contributed by atoms with E-state index in [0.717, 1.165) is 60.3 Å². The first-order valence-electron chi connectivity index (χ1n) is 11.4. The number of ether oxygens (including phenoxy) is 1. The number of anilines is 1. The number of nitrogens with zero attached hydrogens (tertiary/aromatic N) is 1. The molecule has 1 aliphatic heterocycles. The monoisotopic (exact) mass is 463 g/mol. The first-order chi connectivity index (χ1) is 15.2. The molecule has 9 heteroatoms. The number of hydrogen-bond acceptors (Lipinski definition) is 6. The third kappa shape index (κ3) is 4.98. The van der Waals surface area contributed by atoms with Gasteiger partial charge in [-0.25, -0.2) is 9.59 Å². The van der Waals surface area contributed by atoms with Gasteiger partial charge in [0.25, 0.3) is 5.91 Å².